The number of nitrogens with one attached hydrogen (secondary N) is 1. The van der Waals surface area contributed by atoms with Crippen LogP contribution in [0.25, 0.3) is 0 Å². The number of benzene rings is 1. The number of aryl methyl sites for hydroxylation is 1. The van der Waals surface area contributed by atoms with Crippen LogP contribution in [0, 0.1) is 0 Å². The third-order valence-electron chi connectivity index (χ3n) is 3.42. The molecule has 5 nitrogen and oxygen atoms in total. The van der Waals surface area contributed by atoms with E-state index in [0.29, 0.717) is 6.42 Å². The summed E-state index contributed by atoms with van der Waals surface area (Å²) in [6.07, 6.45) is 4.30. The van der Waals surface area contributed by atoms with Gasteiger partial charge < -0.3 is 10.2 Å². The molecule has 0 aliphatic carbocycles. The standard InChI is InChI=1S/C16H22N4O/c1-12(14-10-17-20(4)11-14)18-15-7-5-13(6-8-15)9-16(21)19(2)3/h5-8,10-12,18H,9H2,1-4H3. The lowest BCUT2D eigenvalue weighted by Crippen LogP contribution is -2.23. The topological polar surface area (TPSA) is 50.2 Å². The fourth-order valence-electron chi connectivity index (χ4n) is 2.05. The zero-order valence-corrected chi connectivity index (χ0v) is 13.0. The maximum Gasteiger partial charge on any atom is 0.226 e. The number of likely N-dealkylation sites (N-methyl/N-ethyl adjacent to an activating group) is 1. The summed E-state index contributed by atoms with van der Waals surface area (Å²) in [6.45, 7) is 2.10. The van der Waals surface area contributed by atoms with Gasteiger partial charge in [0, 0.05) is 38.6 Å². The maximum absolute atomic E-state index is 11.7. The molecule has 1 atom stereocenters. The van der Waals surface area contributed by atoms with Gasteiger partial charge in [0.2, 0.25) is 5.91 Å². The molecule has 1 aromatic carbocycles. The molecule has 0 spiro atoms. The molecule has 0 aliphatic rings. The molecular weight excluding hydrogens is 264 g/mol. The van der Waals surface area contributed by atoms with Gasteiger partial charge in [-0.2, -0.15) is 5.10 Å². The Morgan fingerprint density at radius 3 is 2.52 bits per heavy atom. The number of anilines is 1. The molecule has 0 aliphatic heterocycles. The van der Waals surface area contributed by atoms with Crippen molar-refractivity contribution in [3.05, 3.63) is 47.8 Å². The SMILES string of the molecule is CC(Nc1ccc(CC(=O)N(C)C)cc1)c1cnn(C)c1. The van der Waals surface area contributed by atoms with Crippen LogP contribution in [0.1, 0.15) is 24.1 Å². The molecule has 2 aromatic rings. The summed E-state index contributed by atoms with van der Waals surface area (Å²) < 4.78 is 1.80. The predicted octanol–water partition coefficient (Wildman–Crippen LogP) is 2.22. The first-order valence-electron chi connectivity index (χ1n) is 7.00. The minimum atomic E-state index is 0.111. The Labute approximate surface area is 125 Å². The number of carbonyl (C=O) groups excluding carboxylic acids is 1. The van der Waals surface area contributed by atoms with Gasteiger partial charge in [0.25, 0.3) is 0 Å². The van der Waals surface area contributed by atoms with Crippen LogP contribution in [0.2, 0.25) is 0 Å². The van der Waals surface area contributed by atoms with Gasteiger partial charge in [-0.1, -0.05) is 12.1 Å². The molecule has 0 saturated carbocycles. The highest BCUT2D eigenvalue weighted by Gasteiger charge is 2.08. The summed E-state index contributed by atoms with van der Waals surface area (Å²) in [5, 5.41) is 7.60. The van der Waals surface area contributed by atoms with Crippen LogP contribution in [0.3, 0.4) is 0 Å². The van der Waals surface area contributed by atoms with Gasteiger partial charge >= 0.3 is 0 Å². The molecule has 1 unspecified atom stereocenters. The van der Waals surface area contributed by atoms with Gasteiger partial charge in [-0.25, -0.2) is 0 Å². The minimum Gasteiger partial charge on any atom is -0.378 e. The molecule has 21 heavy (non-hydrogen) atoms. The Bertz CT molecular complexity index is 601. The Kier molecular flexibility index (Phi) is 4.62. The number of aromatic nitrogens is 2. The third kappa shape index (κ3) is 4.08. The van der Waals surface area contributed by atoms with Crippen LogP contribution in [0.5, 0.6) is 0 Å². The van der Waals surface area contributed by atoms with E-state index in [4.69, 9.17) is 0 Å². The van der Waals surface area contributed by atoms with E-state index in [2.05, 4.69) is 17.3 Å². The molecule has 0 fully saturated rings. The predicted molar refractivity (Wildman–Crippen MR) is 84.1 cm³/mol. The zero-order valence-electron chi connectivity index (χ0n) is 13.0. The van der Waals surface area contributed by atoms with E-state index in [-0.39, 0.29) is 11.9 Å². The van der Waals surface area contributed by atoms with Crippen LogP contribution in [0.4, 0.5) is 5.69 Å². The lowest BCUT2D eigenvalue weighted by atomic mass is 10.1. The van der Waals surface area contributed by atoms with E-state index in [1.54, 1.807) is 23.7 Å². The Morgan fingerprint density at radius 2 is 2.00 bits per heavy atom. The number of carbonyl (C=O) groups is 1. The molecule has 0 saturated heterocycles. The average molecular weight is 286 g/mol. The molecular formula is C16H22N4O. The van der Waals surface area contributed by atoms with Crippen molar-refractivity contribution < 1.29 is 4.79 Å². The van der Waals surface area contributed by atoms with Crippen molar-refractivity contribution in [2.45, 2.75) is 19.4 Å². The molecule has 2 rings (SSSR count). The van der Waals surface area contributed by atoms with Crippen molar-refractivity contribution in [1.82, 2.24) is 14.7 Å². The first kappa shape index (κ1) is 15.1. The molecule has 112 valence electrons. The van der Waals surface area contributed by atoms with E-state index in [1.807, 2.05) is 43.7 Å². The number of nitrogens with zero attached hydrogens (tertiary/aromatic N) is 3. The molecule has 1 heterocycles. The smallest absolute Gasteiger partial charge is 0.226 e. The second-order valence-electron chi connectivity index (χ2n) is 5.48. The summed E-state index contributed by atoms with van der Waals surface area (Å²) in [5.74, 6) is 0.111. The van der Waals surface area contributed by atoms with Gasteiger partial charge in [0.05, 0.1) is 18.7 Å². The summed E-state index contributed by atoms with van der Waals surface area (Å²) in [4.78, 5) is 13.3. The lowest BCUT2D eigenvalue weighted by Gasteiger charge is -2.14. The molecule has 0 bridgehead atoms. The van der Waals surface area contributed by atoms with Gasteiger partial charge in [0.1, 0.15) is 0 Å². The summed E-state index contributed by atoms with van der Waals surface area (Å²) in [5.41, 5.74) is 3.20. The van der Waals surface area contributed by atoms with Crippen LogP contribution in [-0.2, 0) is 18.3 Å². The molecule has 0 radical (unpaired) electrons. The zero-order chi connectivity index (χ0) is 15.4. The van der Waals surface area contributed by atoms with E-state index in [0.717, 1.165) is 16.8 Å². The average Bonchev–Trinajstić information content (AvgIpc) is 2.87. The Hall–Kier alpha value is -2.30. The van der Waals surface area contributed by atoms with Crippen molar-refractivity contribution in [2.75, 3.05) is 19.4 Å². The van der Waals surface area contributed by atoms with Crippen LogP contribution < -0.4 is 5.32 Å². The lowest BCUT2D eigenvalue weighted by molar-refractivity contribution is -0.127. The Balaban J connectivity index is 1.97. The van der Waals surface area contributed by atoms with E-state index in [9.17, 15) is 4.79 Å². The highest BCUT2D eigenvalue weighted by Crippen LogP contribution is 2.19. The normalized spacial score (nSPS) is 12.0. The van der Waals surface area contributed by atoms with Crippen LogP contribution >= 0.6 is 0 Å². The van der Waals surface area contributed by atoms with Crippen molar-refractivity contribution in [2.24, 2.45) is 7.05 Å². The van der Waals surface area contributed by atoms with Gasteiger partial charge in [0.15, 0.2) is 0 Å². The van der Waals surface area contributed by atoms with E-state index >= 15 is 0 Å². The highest BCUT2D eigenvalue weighted by atomic mass is 16.2. The fourth-order valence-corrected chi connectivity index (χ4v) is 2.05. The second kappa shape index (κ2) is 6.43. The first-order chi connectivity index (χ1) is 9.95. The number of hydrogen-bond donors (Lipinski definition) is 1. The number of rotatable bonds is 5. The maximum atomic E-state index is 11.7. The van der Waals surface area contributed by atoms with Crippen molar-refractivity contribution in [3.63, 3.8) is 0 Å². The second-order valence-corrected chi connectivity index (χ2v) is 5.48. The van der Waals surface area contributed by atoms with Crippen molar-refractivity contribution in [3.8, 4) is 0 Å². The third-order valence-corrected chi connectivity index (χ3v) is 3.42. The van der Waals surface area contributed by atoms with E-state index < -0.39 is 0 Å². The summed E-state index contributed by atoms with van der Waals surface area (Å²) in [6, 6.07) is 8.17. The summed E-state index contributed by atoms with van der Waals surface area (Å²) in [7, 11) is 5.45. The first-order valence-corrected chi connectivity index (χ1v) is 7.00. The minimum absolute atomic E-state index is 0.111. The van der Waals surface area contributed by atoms with Gasteiger partial charge in [-0.05, 0) is 24.6 Å². The summed E-state index contributed by atoms with van der Waals surface area (Å²) >= 11 is 0. The van der Waals surface area contributed by atoms with Gasteiger partial charge in [-0.3, -0.25) is 9.48 Å². The largest absolute Gasteiger partial charge is 0.378 e. The van der Waals surface area contributed by atoms with Crippen molar-refractivity contribution in [1.29, 1.82) is 0 Å². The molecule has 1 aromatic heterocycles. The number of hydrogen-bond acceptors (Lipinski definition) is 3. The number of amides is 1. The fraction of sp³-hybridized carbons (Fsp3) is 0.375. The van der Waals surface area contributed by atoms with Crippen LogP contribution in [-0.4, -0.2) is 34.7 Å². The van der Waals surface area contributed by atoms with E-state index in [1.165, 1.54) is 0 Å². The van der Waals surface area contributed by atoms with Crippen LogP contribution in [0.15, 0.2) is 36.7 Å². The molecule has 5 heteroatoms. The van der Waals surface area contributed by atoms with Gasteiger partial charge in [-0.15, -0.1) is 0 Å². The quantitative estimate of drug-likeness (QED) is 0.917. The highest BCUT2D eigenvalue weighted by molar-refractivity contribution is 5.78. The van der Waals surface area contributed by atoms with Crippen molar-refractivity contribution >= 4 is 11.6 Å². The monoisotopic (exact) mass is 286 g/mol. The molecule has 1 N–H and O–H groups in total. The molecule has 1 amide bonds. The Morgan fingerprint density at radius 1 is 1.33 bits per heavy atom.